The number of aromatic nitrogens is 2. The van der Waals surface area contributed by atoms with Crippen LogP contribution in [0, 0.1) is 6.92 Å². The van der Waals surface area contributed by atoms with Crippen molar-refractivity contribution in [1.29, 1.82) is 0 Å². The van der Waals surface area contributed by atoms with Gasteiger partial charge in [-0.2, -0.15) is 0 Å². The molecule has 0 bridgehead atoms. The zero-order valence-corrected chi connectivity index (χ0v) is 13.6. The summed E-state index contributed by atoms with van der Waals surface area (Å²) in [6.45, 7) is 8.16. The van der Waals surface area contributed by atoms with E-state index in [4.69, 9.17) is 17.3 Å². The quantitative estimate of drug-likeness (QED) is 0.832. The van der Waals surface area contributed by atoms with Crippen LogP contribution in [-0.2, 0) is 5.41 Å². The fraction of sp³-hybridized carbons (Fsp3) is 0.333. The van der Waals surface area contributed by atoms with Crippen LogP contribution in [0.5, 0.6) is 0 Å². The molecule has 3 nitrogen and oxygen atoms in total. The molecule has 2 rings (SSSR count). The number of nitrogen functional groups attached to an aromatic ring is 1. The van der Waals surface area contributed by atoms with E-state index in [1.165, 1.54) is 0 Å². The monoisotopic (exact) mass is 307 g/mol. The average Bonchev–Trinajstić information content (AvgIpc) is 2.33. The van der Waals surface area contributed by atoms with Crippen molar-refractivity contribution in [2.24, 2.45) is 0 Å². The molecule has 0 saturated carbocycles. The third kappa shape index (κ3) is 3.44. The first-order valence-electron chi connectivity index (χ1n) is 6.35. The summed E-state index contributed by atoms with van der Waals surface area (Å²) in [5, 5.41) is 1.59. The Bertz CT molecular complexity index is 636. The molecular weight excluding hydrogens is 290 g/mol. The number of nitrogens with two attached hydrogens (primary N) is 1. The second kappa shape index (κ2) is 5.62. The summed E-state index contributed by atoms with van der Waals surface area (Å²) in [5.74, 6) is 1.29. The lowest BCUT2D eigenvalue weighted by atomic mass is 9.95. The zero-order chi connectivity index (χ0) is 14.9. The molecule has 0 aliphatic heterocycles. The summed E-state index contributed by atoms with van der Waals surface area (Å²) in [4.78, 5) is 10.1. The van der Waals surface area contributed by atoms with E-state index >= 15 is 0 Å². The highest BCUT2D eigenvalue weighted by atomic mass is 35.5. The maximum Gasteiger partial charge on any atom is 0.137 e. The summed E-state index contributed by atoms with van der Waals surface area (Å²) < 4.78 is 0. The van der Waals surface area contributed by atoms with Crippen molar-refractivity contribution in [3.8, 4) is 0 Å². The van der Waals surface area contributed by atoms with Gasteiger partial charge < -0.3 is 5.73 Å². The van der Waals surface area contributed by atoms with Gasteiger partial charge in [0.15, 0.2) is 0 Å². The van der Waals surface area contributed by atoms with E-state index in [-0.39, 0.29) is 5.41 Å². The van der Waals surface area contributed by atoms with Crippen molar-refractivity contribution in [3.05, 3.63) is 40.7 Å². The number of hydrogen-bond acceptors (Lipinski definition) is 4. The molecule has 0 fully saturated rings. The fourth-order valence-electron chi connectivity index (χ4n) is 1.59. The second-order valence-electron chi connectivity index (χ2n) is 5.67. The molecule has 20 heavy (non-hydrogen) atoms. The minimum atomic E-state index is -0.133. The van der Waals surface area contributed by atoms with E-state index in [0.717, 1.165) is 21.3 Å². The SMILES string of the molecule is Cc1c(N)nc(C(C)(C)C)nc1Sc1cccc(Cl)c1. The molecule has 5 heteroatoms. The maximum atomic E-state index is 6.02. The number of rotatable bonds is 2. The highest BCUT2D eigenvalue weighted by Crippen LogP contribution is 2.33. The van der Waals surface area contributed by atoms with E-state index in [0.29, 0.717) is 10.8 Å². The van der Waals surface area contributed by atoms with Crippen molar-refractivity contribution in [2.75, 3.05) is 5.73 Å². The molecule has 106 valence electrons. The number of anilines is 1. The largest absolute Gasteiger partial charge is 0.383 e. The Labute approximate surface area is 129 Å². The summed E-state index contributed by atoms with van der Waals surface area (Å²) >= 11 is 7.57. The van der Waals surface area contributed by atoms with Gasteiger partial charge in [-0.25, -0.2) is 9.97 Å². The molecule has 0 saturated heterocycles. The van der Waals surface area contributed by atoms with E-state index < -0.39 is 0 Å². The van der Waals surface area contributed by atoms with Crippen LogP contribution in [0.25, 0.3) is 0 Å². The number of halogens is 1. The predicted molar refractivity (Wildman–Crippen MR) is 85.5 cm³/mol. The molecule has 0 aliphatic rings. The zero-order valence-electron chi connectivity index (χ0n) is 12.1. The number of hydrogen-bond donors (Lipinski definition) is 1. The van der Waals surface area contributed by atoms with Crippen molar-refractivity contribution < 1.29 is 0 Å². The Morgan fingerprint density at radius 1 is 1.20 bits per heavy atom. The van der Waals surface area contributed by atoms with Crippen molar-refractivity contribution >= 4 is 29.2 Å². The van der Waals surface area contributed by atoms with Gasteiger partial charge in [0.25, 0.3) is 0 Å². The molecule has 0 unspecified atom stereocenters. The van der Waals surface area contributed by atoms with Crippen molar-refractivity contribution in [2.45, 2.75) is 43.0 Å². The molecule has 0 radical (unpaired) electrons. The summed E-state index contributed by atoms with van der Waals surface area (Å²) in [5.41, 5.74) is 6.78. The van der Waals surface area contributed by atoms with Crippen LogP contribution in [0.3, 0.4) is 0 Å². The van der Waals surface area contributed by atoms with E-state index in [1.54, 1.807) is 11.8 Å². The summed E-state index contributed by atoms with van der Waals surface area (Å²) in [6, 6.07) is 7.70. The Balaban J connectivity index is 2.43. The maximum absolute atomic E-state index is 6.02. The van der Waals surface area contributed by atoms with Crippen LogP contribution in [0.4, 0.5) is 5.82 Å². The summed E-state index contributed by atoms with van der Waals surface area (Å²) in [6.07, 6.45) is 0. The van der Waals surface area contributed by atoms with Crippen LogP contribution in [-0.4, -0.2) is 9.97 Å². The Hall–Kier alpha value is -1.26. The molecule has 0 amide bonds. The first kappa shape index (κ1) is 15.1. The number of benzene rings is 1. The lowest BCUT2D eigenvalue weighted by molar-refractivity contribution is 0.538. The second-order valence-corrected chi connectivity index (χ2v) is 7.17. The average molecular weight is 308 g/mol. The normalized spacial score (nSPS) is 11.7. The molecule has 0 spiro atoms. The van der Waals surface area contributed by atoms with Gasteiger partial charge in [-0.15, -0.1) is 0 Å². The van der Waals surface area contributed by atoms with Crippen LogP contribution >= 0.6 is 23.4 Å². The van der Waals surface area contributed by atoms with Gasteiger partial charge in [0.2, 0.25) is 0 Å². The first-order valence-corrected chi connectivity index (χ1v) is 7.55. The molecule has 1 heterocycles. The number of nitrogens with zero attached hydrogens (tertiary/aromatic N) is 2. The molecule has 1 aromatic heterocycles. The lowest BCUT2D eigenvalue weighted by Crippen LogP contribution is -2.18. The Morgan fingerprint density at radius 2 is 1.90 bits per heavy atom. The van der Waals surface area contributed by atoms with Gasteiger partial charge in [0, 0.05) is 20.9 Å². The van der Waals surface area contributed by atoms with Crippen LogP contribution in [0.2, 0.25) is 5.02 Å². The highest BCUT2D eigenvalue weighted by Gasteiger charge is 2.20. The van der Waals surface area contributed by atoms with Crippen LogP contribution in [0.15, 0.2) is 34.2 Å². The van der Waals surface area contributed by atoms with Crippen LogP contribution in [0.1, 0.15) is 32.2 Å². The van der Waals surface area contributed by atoms with Gasteiger partial charge >= 0.3 is 0 Å². The molecule has 0 atom stereocenters. The third-order valence-electron chi connectivity index (χ3n) is 2.82. The topological polar surface area (TPSA) is 51.8 Å². The first-order chi connectivity index (χ1) is 9.27. The molecule has 2 N–H and O–H groups in total. The van der Waals surface area contributed by atoms with Crippen molar-refractivity contribution in [1.82, 2.24) is 9.97 Å². The highest BCUT2D eigenvalue weighted by molar-refractivity contribution is 7.99. The molecular formula is C15H18ClN3S. The van der Waals surface area contributed by atoms with Gasteiger partial charge in [-0.3, -0.25) is 0 Å². The van der Waals surface area contributed by atoms with Gasteiger partial charge in [0.1, 0.15) is 16.7 Å². The lowest BCUT2D eigenvalue weighted by Gasteiger charge is -2.19. The molecule has 0 aliphatic carbocycles. The minimum absolute atomic E-state index is 0.133. The van der Waals surface area contributed by atoms with Crippen molar-refractivity contribution in [3.63, 3.8) is 0 Å². The summed E-state index contributed by atoms with van der Waals surface area (Å²) in [7, 11) is 0. The van der Waals surface area contributed by atoms with Gasteiger partial charge in [-0.05, 0) is 25.1 Å². The Morgan fingerprint density at radius 3 is 2.50 bits per heavy atom. The van der Waals surface area contributed by atoms with Gasteiger partial charge in [0.05, 0.1) is 0 Å². The van der Waals surface area contributed by atoms with E-state index in [2.05, 4.69) is 30.7 Å². The smallest absolute Gasteiger partial charge is 0.137 e. The van der Waals surface area contributed by atoms with Crippen LogP contribution < -0.4 is 5.73 Å². The van der Waals surface area contributed by atoms with E-state index in [9.17, 15) is 0 Å². The Kier molecular flexibility index (Phi) is 4.25. The standard InChI is InChI=1S/C15H18ClN3S/c1-9-12(17)18-14(15(2,3)4)19-13(9)20-11-7-5-6-10(16)8-11/h5-8H,1-4H3,(H2,17,18,19). The van der Waals surface area contributed by atoms with Gasteiger partial charge in [-0.1, -0.05) is 50.2 Å². The molecule has 1 aromatic carbocycles. The third-order valence-corrected chi connectivity index (χ3v) is 4.14. The predicted octanol–water partition coefficient (Wildman–Crippen LogP) is 4.47. The minimum Gasteiger partial charge on any atom is -0.383 e. The fourth-order valence-corrected chi connectivity index (χ4v) is 2.79. The van der Waals surface area contributed by atoms with E-state index in [1.807, 2.05) is 31.2 Å². The molecule has 2 aromatic rings.